The van der Waals surface area contributed by atoms with Crippen molar-refractivity contribution in [2.75, 3.05) is 13.1 Å². The fourth-order valence-corrected chi connectivity index (χ4v) is 1.32. The van der Waals surface area contributed by atoms with Gasteiger partial charge in [-0.2, -0.15) is 5.10 Å². The fourth-order valence-electron chi connectivity index (χ4n) is 1.32. The fraction of sp³-hybridized carbons (Fsp3) is 0.800. The van der Waals surface area contributed by atoms with Gasteiger partial charge in [0.25, 0.3) is 0 Å². The summed E-state index contributed by atoms with van der Waals surface area (Å²) < 4.78 is 1.81. The van der Waals surface area contributed by atoms with E-state index in [0.29, 0.717) is 12.5 Å². The molecule has 86 valence electrons. The molecule has 5 heteroatoms. The van der Waals surface area contributed by atoms with Crippen molar-refractivity contribution in [1.29, 1.82) is 0 Å². The van der Waals surface area contributed by atoms with Gasteiger partial charge in [-0.05, 0) is 12.8 Å². The number of nitrogens with one attached hydrogen (secondary N) is 1. The molecule has 0 radical (unpaired) electrons. The van der Waals surface area contributed by atoms with Crippen molar-refractivity contribution in [3.05, 3.63) is 12.7 Å². The van der Waals surface area contributed by atoms with E-state index in [-0.39, 0.29) is 5.54 Å². The number of hydrogen-bond acceptors (Lipinski definition) is 4. The predicted molar refractivity (Wildman–Crippen MR) is 60.3 cm³/mol. The molecule has 0 aromatic carbocycles. The first-order valence-electron chi connectivity index (χ1n) is 5.36. The molecule has 1 atom stereocenters. The molecule has 1 rings (SSSR count). The molecule has 0 aliphatic rings. The van der Waals surface area contributed by atoms with E-state index in [4.69, 9.17) is 5.73 Å². The van der Waals surface area contributed by atoms with E-state index in [1.165, 1.54) is 0 Å². The maximum absolute atomic E-state index is 5.77. The molecule has 1 aromatic heterocycles. The van der Waals surface area contributed by atoms with Gasteiger partial charge in [0.2, 0.25) is 0 Å². The Balaban J connectivity index is 2.35. The predicted octanol–water partition coefficient (Wildman–Crippen LogP) is 0.241. The van der Waals surface area contributed by atoms with Crippen LogP contribution in [0, 0.1) is 5.92 Å². The monoisotopic (exact) mass is 211 g/mol. The SMILES string of the molecule is CC(C)C(C)(CN)NCCn1cncn1. The smallest absolute Gasteiger partial charge is 0.137 e. The van der Waals surface area contributed by atoms with Crippen LogP contribution in [0.1, 0.15) is 20.8 Å². The maximum atomic E-state index is 5.77. The molecule has 1 unspecified atom stereocenters. The van der Waals surface area contributed by atoms with E-state index in [1.54, 1.807) is 12.7 Å². The minimum absolute atomic E-state index is 0.000577. The Hall–Kier alpha value is -0.940. The molecule has 0 bridgehead atoms. The minimum atomic E-state index is 0.000577. The van der Waals surface area contributed by atoms with Crippen LogP contribution in [0.5, 0.6) is 0 Å². The van der Waals surface area contributed by atoms with E-state index in [2.05, 4.69) is 36.2 Å². The largest absolute Gasteiger partial charge is 0.329 e. The van der Waals surface area contributed by atoms with E-state index in [0.717, 1.165) is 13.1 Å². The molecule has 0 amide bonds. The molecule has 0 saturated heterocycles. The van der Waals surface area contributed by atoms with Gasteiger partial charge in [0, 0.05) is 18.6 Å². The van der Waals surface area contributed by atoms with Gasteiger partial charge >= 0.3 is 0 Å². The van der Waals surface area contributed by atoms with Crippen LogP contribution in [0.25, 0.3) is 0 Å². The lowest BCUT2D eigenvalue weighted by Crippen LogP contribution is -2.53. The van der Waals surface area contributed by atoms with Gasteiger partial charge in [-0.3, -0.25) is 4.68 Å². The first-order valence-corrected chi connectivity index (χ1v) is 5.36. The van der Waals surface area contributed by atoms with Crippen LogP contribution < -0.4 is 11.1 Å². The average Bonchev–Trinajstić information content (AvgIpc) is 2.70. The summed E-state index contributed by atoms with van der Waals surface area (Å²) in [6, 6.07) is 0. The third-order valence-electron chi connectivity index (χ3n) is 3.03. The summed E-state index contributed by atoms with van der Waals surface area (Å²) in [6.45, 7) is 8.82. The van der Waals surface area contributed by atoms with Crippen LogP contribution in [0.3, 0.4) is 0 Å². The molecule has 0 saturated carbocycles. The Bertz CT molecular complexity index is 269. The summed E-state index contributed by atoms with van der Waals surface area (Å²) in [5.74, 6) is 0.512. The molecular formula is C10H21N5. The van der Waals surface area contributed by atoms with E-state index in [1.807, 2.05) is 4.68 Å². The summed E-state index contributed by atoms with van der Waals surface area (Å²) in [5, 5.41) is 7.51. The average molecular weight is 211 g/mol. The normalized spacial score (nSPS) is 15.5. The van der Waals surface area contributed by atoms with Crippen molar-refractivity contribution in [3.63, 3.8) is 0 Å². The highest BCUT2D eigenvalue weighted by Crippen LogP contribution is 2.14. The Morgan fingerprint density at radius 2 is 2.27 bits per heavy atom. The number of rotatable bonds is 6. The maximum Gasteiger partial charge on any atom is 0.137 e. The van der Waals surface area contributed by atoms with Crippen LogP contribution in [0.15, 0.2) is 12.7 Å². The second-order valence-electron chi connectivity index (χ2n) is 4.36. The number of hydrogen-bond donors (Lipinski definition) is 2. The van der Waals surface area contributed by atoms with Gasteiger partial charge in [0.1, 0.15) is 12.7 Å². The molecule has 1 heterocycles. The zero-order chi connectivity index (χ0) is 11.3. The Morgan fingerprint density at radius 3 is 2.73 bits per heavy atom. The van der Waals surface area contributed by atoms with E-state index >= 15 is 0 Å². The zero-order valence-electron chi connectivity index (χ0n) is 9.77. The van der Waals surface area contributed by atoms with Gasteiger partial charge < -0.3 is 11.1 Å². The van der Waals surface area contributed by atoms with Crippen LogP contribution in [0.2, 0.25) is 0 Å². The molecule has 0 aliphatic carbocycles. The summed E-state index contributed by atoms with van der Waals surface area (Å²) in [4.78, 5) is 3.89. The second-order valence-corrected chi connectivity index (χ2v) is 4.36. The lowest BCUT2D eigenvalue weighted by Gasteiger charge is -2.33. The molecular weight excluding hydrogens is 190 g/mol. The van der Waals surface area contributed by atoms with Crippen molar-refractivity contribution in [3.8, 4) is 0 Å². The van der Waals surface area contributed by atoms with Gasteiger partial charge in [0.05, 0.1) is 6.54 Å². The highest BCUT2D eigenvalue weighted by molar-refractivity contribution is 4.87. The second kappa shape index (κ2) is 5.23. The van der Waals surface area contributed by atoms with Gasteiger partial charge in [0.15, 0.2) is 0 Å². The van der Waals surface area contributed by atoms with Crippen LogP contribution in [-0.2, 0) is 6.54 Å². The van der Waals surface area contributed by atoms with Crippen molar-refractivity contribution in [1.82, 2.24) is 20.1 Å². The number of nitrogens with two attached hydrogens (primary N) is 1. The summed E-state index contributed by atoms with van der Waals surface area (Å²) >= 11 is 0. The van der Waals surface area contributed by atoms with Crippen molar-refractivity contribution in [2.45, 2.75) is 32.9 Å². The van der Waals surface area contributed by atoms with Gasteiger partial charge in [-0.25, -0.2) is 4.98 Å². The first-order chi connectivity index (χ1) is 7.08. The van der Waals surface area contributed by atoms with Crippen molar-refractivity contribution >= 4 is 0 Å². The van der Waals surface area contributed by atoms with E-state index < -0.39 is 0 Å². The van der Waals surface area contributed by atoms with Gasteiger partial charge in [-0.1, -0.05) is 13.8 Å². The molecule has 0 aliphatic heterocycles. The summed E-state index contributed by atoms with van der Waals surface area (Å²) in [5.41, 5.74) is 5.77. The highest BCUT2D eigenvalue weighted by atomic mass is 15.3. The van der Waals surface area contributed by atoms with Crippen molar-refractivity contribution in [2.24, 2.45) is 11.7 Å². The highest BCUT2D eigenvalue weighted by Gasteiger charge is 2.25. The minimum Gasteiger partial charge on any atom is -0.329 e. The van der Waals surface area contributed by atoms with Crippen LogP contribution in [-0.4, -0.2) is 33.4 Å². The lowest BCUT2D eigenvalue weighted by molar-refractivity contribution is 0.264. The van der Waals surface area contributed by atoms with Gasteiger partial charge in [-0.15, -0.1) is 0 Å². The van der Waals surface area contributed by atoms with E-state index in [9.17, 15) is 0 Å². The Labute approximate surface area is 91.1 Å². The molecule has 15 heavy (non-hydrogen) atoms. The molecule has 1 aromatic rings. The first kappa shape index (κ1) is 12.1. The number of nitrogens with zero attached hydrogens (tertiary/aromatic N) is 3. The van der Waals surface area contributed by atoms with Crippen LogP contribution in [0.4, 0.5) is 0 Å². The molecule has 5 nitrogen and oxygen atoms in total. The Kier molecular flexibility index (Phi) is 4.23. The third kappa shape index (κ3) is 3.28. The molecule has 0 spiro atoms. The zero-order valence-corrected chi connectivity index (χ0v) is 9.77. The standard InChI is InChI=1S/C10H21N5/c1-9(2)10(3,6-11)13-4-5-15-8-12-7-14-15/h7-9,13H,4-6,11H2,1-3H3. The molecule has 0 fully saturated rings. The topological polar surface area (TPSA) is 68.8 Å². The quantitative estimate of drug-likeness (QED) is 0.707. The van der Waals surface area contributed by atoms with Crippen LogP contribution >= 0.6 is 0 Å². The summed E-state index contributed by atoms with van der Waals surface area (Å²) in [7, 11) is 0. The van der Waals surface area contributed by atoms with Crippen molar-refractivity contribution < 1.29 is 0 Å². The third-order valence-corrected chi connectivity index (χ3v) is 3.03. The number of aromatic nitrogens is 3. The Morgan fingerprint density at radius 1 is 1.53 bits per heavy atom. The lowest BCUT2D eigenvalue weighted by atomic mass is 9.88. The summed E-state index contributed by atoms with van der Waals surface area (Å²) in [6.07, 6.45) is 3.27. The molecule has 3 N–H and O–H groups in total.